The molecule has 0 fully saturated rings. The number of benzene rings is 4. The molecule has 0 bridgehead atoms. The highest BCUT2D eigenvalue weighted by Crippen LogP contribution is 2.29. The number of nitrogens with one attached hydrogen (secondary N) is 1. The average molecular weight is 650 g/mol. The van der Waals surface area contributed by atoms with Gasteiger partial charge in [-0.1, -0.05) is 41.5 Å². The summed E-state index contributed by atoms with van der Waals surface area (Å²) in [7, 11) is -2.33. The average Bonchev–Trinajstić information content (AvgIpc) is 3.53. The number of aromatic nitrogens is 2. The zero-order valence-electron chi connectivity index (χ0n) is 23.7. The molecule has 0 spiro atoms. The minimum absolute atomic E-state index is 0.0819. The number of halogens is 1. The van der Waals surface area contributed by atoms with Crippen LogP contribution in [0.1, 0.15) is 22.3 Å². The lowest BCUT2D eigenvalue weighted by Gasteiger charge is -2.26. The first kappa shape index (κ1) is 32.1. The van der Waals surface area contributed by atoms with Crippen LogP contribution in [0.25, 0.3) is 0 Å². The lowest BCUT2D eigenvalue weighted by molar-refractivity contribution is 0.477. The largest absolute Gasteiger partial charge is 0.506 e. The lowest BCUT2D eigenvalue weighted by atomic mass is 10.1. The molecule has 0 saturated carbocycles. The number of imidazole rings is 1. The van der Waals surface area contributed by atoms with Crippen LogP contribution in [0.5, 0.6) is 5.75 Å². The van der Waals surface area contributed by atoms with Gasteiger partial charge in [0.15, 0.2) is 0 Å². The Morgan fingerprint density at radius 2 is 1.48 bits per heavy atom. The molecular formula is C31H28ClN5O5S2. The highest BCUT2D eigenvalue weighted by molar-refractivity contribution is 8.13. The summed E-state index contributed by atoms with van der Waals surface area (Å²) in [5.41, 5.74) is 4.13. The quantitative estimate of drug-likeness (QED) is 0.155. The van der Waals surface area contributed by atoms with Crippen molar-refractivity contribution in [2.24, 2.45) is 0 Å². The molecule has 0 atom stereocenters. The van der Waals surface area contributed by atoms with E-state index in [2.05, 4.69) is 15.8 Å². The van der Waals surface area contributed by atoms with E-state index in [-0.39, 0.29) is 21.2 Å². The third kappa shape index (κ3) is 8.38. The van der Waals surface area contributed by atoms with Gasteiger partial charge in [-0.25, -0.2) is 26.5 Å². The Hall–Kier alpha value is -4.83. The van der Waals surface area contributed by atoms with E-state index in [1.807, 2.05) is 31.0 Å². The van der Waals surface area contributed by atoms with E-state index in [0.29, 0.717) is 12.1 Å². The molecule has 0 aliphatic carbocycles. The summed E-state index contributed by atoms with van der Waals surface area (Å²) in [4.78, 5) is 4.35. The summed E-state index contributed by atoms with van der Waals surface area (Å²) >= 11 is 0. The number of phenolic OH excluding ortho intramolecular Hbond substituents is 1. The summed E-state index contributed by atoms with van der Waals surface area (Å²) in [6.45, 7) is 4.10. The predicted molar refractivity (Wildman–Crippen MR) is 169 cm³/mol. The van der Waals surface area contributed by atoms with Crippen LogP contribution in [0.15, 0.2) is 120 Å². The zero-order chi connectivity index (χ0) is 31.9. The summed E-state index contributed by atoms with van der Waals surface area (Å²) in [6, 6.07) is 26.8. The van der Waals surface area contributed by atoms with E-state index in [1.165, 1.54) is 30.3 Å². The molecule has 4 aromatic carbocycles. The monoisotopic (exact) mass is 649 g/mol. The van der Waals surface area contributed by atoms with Crippen LogP contribution in [0.3, 0.4) is 0 Å². The van der Waals surface area contributed by atoms with Crippen LogP contribution in [0, 0.1) is 25.2 Å². The maximum Gasteiger partial charge on any atom is 0.262 e. The molecule has 1 aromatic heterocycles. The molecule has 5 aromatic rings. The molecule has 13 heteroatoms. The van der Waals surface area contributed by atoms with Gasteiger partial charge >= 0.3 is 0 Å². The van der Waals surface area contributed by atoms with Crippen molar-refractivity contribution in [3.8, 4) is 11.8 Å². The summed E-state index contributed by atoms with van der Waals surface area (Å²) in [5, 5.41) is 21.3. The van der Waals surface area contributed by atoms with Gasteiger partial charge in [0.1, 0.15) is 12.1 Å². The Bertz CT molecular complexity index is 1980. The molecule has 44 heavy (non-hydrogen) atoms. The predicted octanol–water partition coefficient (Wildman–Crippen LogP) is 5.96. The number of hydrogen-bond acceptors (Lipinski definition) is 8. The third-order valence-electron chi connectivity index (χ3n) is 6.34. The topological polar surface area (TPSA) is 145 Å². The molecule has 1 heterocycles. The van der Waals surface area contributed by atoms with Crippen molar-refractivity contribution in [1.29, 1.82) is 5.26 Å². The van der Waals surface area contributed by atoms with E-state index in [9.17, 15) is 21.9 Å². The first-order valence-electron chi connectivity index (χ1n) is 13.0. The third-order valence-corrected chi connectivity index (χ3v) is 9.09. The van der Waals surface area contributed by atoms with Crippen LogP contribution in [-0.2, 0) is 25.6 Å². The molecule has 10 nitrogen and oxygen atoms in total. The molecule has 5 rings (SSSR count). The fourth-order valence-electron chi connectivity index (χ4n) is 3.97. The van der Waals surface area contributed by atoms with Crippen LogP contribution in [0.2, 0.25) is 0 Å². The second-order valence-corrected chi connectivity index (χ2v) is 13.9. The van der Waals surface area contributed by atoms with E-state index in [1.54, 1.807) is 71.9 Å². The molecule has 0 aliphatic rings. The summed E-state index contributed by atoms with van der Waals surface area (Å²) in [5.74, 6) is -0.179. The van der Waals surface area contributed by atoms with E-state index < -0.39 is 19.1 Å². The lowest BCUT2D eigenvalue weighted by Crippen LogP contribution is -2.27. The number of sulfonamides is 1. The first-order chi connectivity index (χ1) is 20.9. The minimum atomic E-state index is -3.87. The fraction of sp³-hybridized carbons (Fsp3) is 0.0968. The number of anilines is 2. The van der Waals surface area contributed by atoms with Gasteiger partial charge in [-0.2, -0.15) is 5.26 Å². The van der Waals surface area contributed by atoms with Crippen LogP contribution < -0.4 is 9.73 Å². The van der Waals surface area contributed by atoms with Crippen molar-refractivity contribution in [2.45, 2.75) is 30.2 Å². The molecular weight excluding hydrogens is 622 g/mol. The summed E-state index contributed by atoms with van der Waals surface area (Å²) < 4.78 is 51.3. The SMILES string of the molecule is Cc1ccc(S(=O)(=O)Cl)cc1.Cc1ccc(S(=O)(=O)Nc2cc(CN(c3ccc(C#N)cc3)n3ccnc3)ccc2O)cc1. The number of phenols is 1. The van der Waals surface area contributed by atoms with Crippen LogP contribution in [0.4, 0.5) is 11.4 Å². The van der Waals surface area contributed by atoms with Crippen molar-refractivity contribution >= 4 is 41.1 Å². The molecule has 2 N–H and O–H groups in total. The van der Waals surface area contributed by atoms with Gasteiger partial charge in [0, 0.05) is 23.1 Å². The van der Waals surface area contributed by atoms with E-state index >= 15 is 0 Å². The van der Waals surface area contributed by atoms with Crippen molar-refractivity contribution in [1.82, 2.24) is 9.66 Å². The van der Waals surface area contributed by atoms with Gasteiger partial charge in [-0.15, -0.1) is 0 Å². The van der Waals surface area contributed by atoms with Crippen LogP contribution >= 0.6 is 10.7 Å². The fourth-order valence-corrected chi connectivity index (χ4v) is 5.80. The Balaban J connectivity index is 0.000000339. The minimum Gasteiger partial charge on any atom is -0.506 e. The van der Waals surface area contributed by atoms with Crippen LogP contribution in [-0.4, -0.2) is 31.6 Å². The number of aryl methyl sites for hydroxylation is 2. The highest BCUT2D eigenvalue weighted by atomic mass is 35.7. The summed E-state index contributed by atoms with van der Waals surface area (Å²) in [6.07, 6.45) is 5.06. The smallest absolute Gasteiger partial charge is 0.262 e. The van der Waals surface area contributed by atoms with Gasteiger partial charge < -0.3 is 5.11 Å². The normalized spacial score (nSPS) is 11.1. The Morgan fingerprint density at radius 3 is 2.00 bits per heavy atom. The van der Waals surface area contributed by atoms with Crippen molar-refractivity contribution in [3.63, 3.8) is 0 Å². The molecule has 226 valence electrons. The van der Waals surface area contributed by atoms with Crippen molar-refractivity contribution < 1.29 is 21.9 Å². The van der Waals surface area contributed by atoms with E-state index in [0.717, 1.165) is 22.4 Å². The van der Waals surface area contributed by atoms with Gasteiger partial charge in [-0.3, -0.25) is 9.73 Å². The van der Waals surface area contributed by atoms with Gasteiger partial charge in [-0.05, 0) is 80.1 Å². The standard InChI is InChI=1S/C24H21N5O3S.C7H7ClO2S/c1-18-2-9-22(10-3-18)33(31,32)27-23-14-20(6-11-24(23)30)16-29(28-13-12-26-17-28)21-7-4-19(15-25)5-8-21;1-6-2-4-7(5-3-6)11(8,9)10/h2-14,17,27,30H,16H2,1H3;2-5H,1H3. The Kier molecular flexibility index (Phi) is 9.95. The molecule has 0 radical (unpaired) electrons. The maximum atomic E-state index is 12.8. The van der Waals surface area contributed by atoms with Gasteiger partial charge in [0.25, 0.3) is 19.1 Å². The van der Waals surface area contributed by atoms with E-state index in [4.69, 9.17) is 15.9 Å². The number of hydrogen-bond donors (Lipinski definition) is 2. The first-order valence-corrected chi connectivity index (χ1v) is 16.8. The Morgan fingerprint density at radius 1 is 0.886 bits per heavy atom. The molecule has 0 amide bonds. The van der Waals surface area contributed by atoms with Crippen molar-refractivity contribution in [2.75, 3.05) is 9.73 Å². The zero-order valence-corrected chi connectivity index (χ0v) is 26.1. The number of aromatic hydroxyl groups is 1. The maximum absolute atomic E-state index is 12.8. The Labute approximate surface area is 260 Å². The van der Waals surface area contributed by atoms with Crippen molar-refractivity contribution in [3.05, 3.63) is 132 Å². The number of rotatable bonds is 8. The van der Waals surface area contributed by atoms with Gasteiger partial charge in [0.2, 0.25) is 0 Å². The molecule has 0 unspecified atom stereocenters. The number of nitriles is 1. The highest BCUT2D eigenvalue weighted by Gasteiger charge is 2.18. The second kappa shape index (κ2) is 13.6. The molecule has 0 aliphatic heterocycles. The van der Waals surface area contributed by atoms with Gasteiger partial charge in [0.05, 0.1) is 39.3 Å². The number of nitrogens with zero attached hydrogens (tertiary/aromatic N) is 4. The molecule has 0 saturated heterocycles. The second-order valence-electron chi connectivity index (χ2n) is 9.68.